The van der Waals surface area contributed by atoms with Gasteiger partial charge in [0.2, 0.25) is 0 Å². The highest BCUT2D eigenvalue weighted by Gasteiger charge is 2.38. The van der Waals surface area contributed by atoms with E-state index in [1.165, 1.54) is 25.3 Å². The van der Waals surface area contributed by atoms with E-state index in [1.807, 2.05) is 0 Å². The molecule has 0 spiro atoms. The highest BCUT2D eigenvalue weighted by atomic mass is 16.8. The van der Waals surface area contributed by atoms with Crippen LogP contribution >= 0.6 is 0 Å². The Balaban J connectivity index is 2.64. The standard InChI is InChI=1S/C18H22N2O7/c1-10-14(17(22)26-3)16(12-5-4-6-13(9-12)20(24)25)15(11(2)19-10)18(23)27-8-7-21/h4-6,9,16,19-21,24H,7-8H2,1-3H3/t16-/m1/s1. The number of ether oxygens (including phenoxy) is 2. The summed E-state index contributed by atoms with van der Waals surface area (Å²) in [5.41, 5.74) is 1.75. The molecular weight excluding hydrogens is 356 g/mol. The molecule has 0 radical (unpaired) electrons. The third kappa shape index (κ3) is 4.34. The van der Waals surface area contributed by atoms with Crippen LogP contribution in [0.1, 0.15) is 25.3 Å². The molecule has 1 aromatic rings. The van der Waals surface area contributed by atoms with Gasteiger partial charge in [0.1, 0.15) is 6.61 Å². The molecule has 146 valence electrons. The van der Waals surface area contributed by atoms with Crippen molar-refractivity contribution in [1.29, 1.82) is 0 Å². The molecule has 1 aromatic carbocycles. The summed E-state index contributed by atoms with van der Waals surface area (Å²) in [7, 11) is 1.22. The molecule has 1 heterocycles. The summed E-state index contributed by atoms with van der Waals surface area (Å²) >= 11 is 0. The molecule has 0 aromatic heterocycles. The Morgan fingerprint density at radius 3 is 2.41 bits per heavy atom. The van der Waals surface area contributed by atoms with E-state index in [0.29, 0.717) is 17.0 Å². The number of carbonyl (C=O) groups excluding carboxylic acids is 2. The number of allylic oxidation sites excluding steroid dienone is 2. The van der Waals surface area contributed by atoms with Gasteiger partial charge in [-0.3, -0.25) is 0 Å². The molecule has 9 nitrogen and oxygen atoms in total. The Labute approximate surface area is 156 Å². The summed E-state index contributed by atoms with van der Waals surface area (Å²) in [6.07, 6.45) is 0. The minimum atomic E-state index is -1.13. The first-order valence-electron chi connectivity index (χ1n) is 8.19. The topological polar surface area (TPSA) is 133 Å². The van der Waals surface area contributed by atoms with Crippen molar-refractivity contribution in [3.63, 3.8) is 0 Å². The van der Waals surface area contributed by atoms with Crippen LogP contribution in [0.3, 0.4) is 0 Å². The third-order valence-corrected chi connectivity index (χ3v) is 4.18. The fourth-order valence-corrected chi connectivity index (χ4v) is 3.05. The van der Waals surface area contributed by atoms with Crippen molar-refractivity contribution in [2.24, 2.45) is 0 Å². The Kier molecular flexibility index (Phi) is 6.70. The second kappa shape index (κ2) is 8.78. The minimum absolute atomic E-state index is 0.0219. The quantitative estimate of drug-likeness (QED) is 0.403. The number of esters is 2. The van der Waals surface area contributed by atoms with E-state index < -0.39 is 23.1 Å². The summed E-state index contributed by atoms with van der Waals surface area (Å²) in [5.74, 6) is -2.23. The van der Waals surface area contributed by atoms with Crippen LogP contribution in [-0.2, 0) is 19.1 Å². The first-order valence-corrected chi connectivity index (χ1v) is 8.19. The summed E-state index contributed by atoms with van der Waals surface area (Å²) in [6.45, 7) is 2.78. The Morgan fingerprint density at radius 2 is 1.85 bits per heavy atom. The lowest BCUT2D eigenvalue weighted by atomic mass is 9.80. The van der Waals surface area contributed by atoms with E-state index in [2.05, 4.69) is 5.32 Å². The molecule has 0 saturated carbocycles. The number of dihydropyridines is 1. The van der Waals surface area contributed by atoms with Crippen molar-refractivity contribution in [2.75, 3.05) is 20.3 Å². The second-order valence-electron chi connectivity index (χ2n) is 5.92. The lowest BCUT2D eigenvalue weighted by Crippen LogP contribution is -2.99. The zero-order valence-corrected chi connectivity index (χ0v) is 15.2. The zero-order valence-electron chi connectivity index (χ0n) is 15.2. The number of hydrogen-bond acceptors (Lipinski definition) is 8. The highest BCUT2D eigenvalue weighted by molar-refractivity contribution is 5.99. The van der Waals surface area contributed by atoms with Gasteiger partial charge in [-0.15, -0.1) is 0 Å². The van der Waals surface area contributed by atoms with Gasteiger partial charge in [0, 0.05) is 23.5 Å². The van der Waals surface area contributed by atoms with Crippen molar-refractivity contribution in [3.8, 4) is 0 Å². The van der Waals surface area contributed by atoms with Gasteiger partial charge >= 0.3 is 11.9 Å². The molecule has 1 unspecified atom stereocenters. The van der Waals surface area contributed by atoms with Crippen LogP contribution in [0, 0.1) is 5.21 Å². The predicted molar refractivity (Wildman–Crippen MR) is 93.6 cm³/mol. The monoisotopic (exact) mass is 378 g/mol. The Bertz CT molecular complexity index is 799. The van der Waals surface area contributed by atoms with E-state index in [1.54, 1.807) is 19.9 Å². The number of benzene rings is 1. The summed E-state index contributed by atoms with van der Waals surface area (Å²) in [5, 5.41) is 31.4. The molecule has 1 aliphatic heterocycles. The lowest BCUT2D eigenvalue weighted by Gasteiger charge is -2.30. The zero-order chi connectivity index (χ0) is 20.1. The Morgan fingerprint density at radius 1 is 1.22 bits per heavy atom. The van der Waals surface area contributed by atoms with Crippen LogP contribution in [0.5, 0.6) is 0 Å². The number of quaternary nitrogens is 1. The molecule has 9 heteroatoms. The third-order valence-electron chi connectivity index (χ3n) is 4.18. The largest absolute Gasteiger partial charge is 0.595 e. The number of hydrogen-bond donors (Lipinski definition) is 4. The van der Waals surface area contributed by atoms with Crippen molar-refractivity contribution in [2.45, 2.75) is 19.8 Å². The van der Waals surface area contributed by atoms with Crippen LogP contribution in [0.25, 0.3) is 0 Å². The number of aliphatic hydroxyl groups excluding tert-OH is 1. The van der Waals surface area contributed by atoms with E-state index >= 15 is 0 Å². The van der Waals surface area contributed by atoms with Crippen molar-refractivity contribution >= 4 is 17.6 Å². The first kappa shape index (κ1) is 20.6. The van der Waals surface area contributed by atoms with Crippen LogP contribution in [0.2, 0.25) is 0 Å². The number of carbonyl (C=O) groups is 2. The van der Waals surface area contributed by atoms with Crippen molar-refractivity contribution in [1.82, 2.24) is 5.32 Å². The number of nitrogens with one attached hydrogen (secondary N) is 2. The highest BCUT2D eigenvalue weighted by Crippen LogP contribution is 2.39. The van der Waals surface area contributed by atoms with Gasteiger partial charge in [-0.25, -0.2) is 14.8 Å². The fraction of sp³-hybridized carbons (Fsp3) is 0.333. The molecule has 0 amide bonds. The summed E-state index contributed by atoms with van der Waals surface area (Å²) in [6, 6.07) is 5.99. The number of aliphatic hydroxyl groups is 1. The van der Waals surface area contributed by atoms with E-state index in [0.717, 1.165) is 0 Å². The SMILES string of the molecule is COC(=O)C1=C(C)NC(C)=C(C(=O)OCCO)[C@@H]1c1cccc([NH+]([O-])O)c1. The number of methoxy groups -OCH3 is 1. The average molecular weight is 378 g/mol. The molecule has 2 rings (SSSR count). The van der Waals surface area contributed by atoms with E-state index in [-0.39, 0.29) is 30.0 Å². The molecule has 1 aliphatic rings. The molecule has 0 saturated heterocycles. The number of rotatable bonds is 6. The van der Waals surface area contributed by atoms with Gasteiger partial charge in [-0.1, -0.05) is 12.1 Å². The molecule has 0 bridgehead atoms. The maximum absolute atomic E-state index is 12.6. The lowest BCUT2D eigenvalue weighted by molar-refractivity contribution is -0.991. The first-order chi connectivity index (χ1) is 12.8. The maximum atomic E-state index is 12.6. The van der Waals surface area contributed by atoms with Gasteiger partial charge < -0.3 is 25.1 Å². The van der Waals surface area contributed by atoms with E-state index in [4.69, 9.17) is 14.6 Å². The van der Waals surface area contributed by atoms with Crippen molar-refractivity contribution in [3.05, 3.63) is 57.6 Å². The molecular formula is C18H22N2O7. The van der Waals surface area contributed by atoms with Gasteiger partial charge in [-0.05, 0) is 19.4 Å². The normalized spacial score (nSPS) is 18.1. The van der Waals surface area contributed by atoms with Gasteiger partial charge in [0.15, 0.2) is 5.69 Å². The molecule has 2 atom stereocenters. The Hall–Kier alpha value is -2.72. The minimum Gasteiger partial charge on any atom is -0.595 e. The second-order valence-corrected chi connectivity index (χ2v) is 5.92. The fourth-order valence-electron chi connectivity index (χ4n) is 3.05. The van der Waals surface area contributed by atoms with Gasteiger partial charge in [0.25, 0.3) is 0 Å². The predicted octanol–water partition coefficient (Wildman–Crippen LogP) is 0.0333. The molecule has 0 fully saturated rings. The molecule has 0 aliphatic carbocycles. The van der Waals surface area contributed by atoms with Crippen molar-refractivity contribution < 1.29 is 34.6 Å². The van der Waals surface area contributed by atoms with Gasteiger partial charge in [-0.2, -0.15) is 5.23 Å². The smallest absolute Gasteiger partial charge is 0.336 e. The van der Waals surface area contributed by atoms with Crippen LogP contribution in [-0.4, -0.2) is 42.6 Å². The summed E-state index contributed by atoms with van der Waals surface area (Å²) in [4.78, 5) is 25.0. The van der Waals surface area contributed by atoms with Gasteiger partial charge in [0.05, 0.1) is 30.8 Å². The van der Waals surface area contributed by atoms with Crippen LogP contribution in [0.15, 0.2) is 46.8 Å². The summed E-state index contributed by atoms with van der Waals surface area (Å²) < 4.78 is 9.92. The molecule has 27 heavy (non-hydrogen) atoms. The van der Waals surface area contributed by atoms with E-state index in [9.17, 15) is 20.0 Å². The molecule has 4 N–H and O–H groups in total. The van der Waals surface area contributed by atoms with Crippen LogP contribution < -0.4 is 10.5 Å². The van der Waals surface area contributed by atoms with Crippen LogP contribution in [0.4, 0.5) is 5.69 Å². The average Bonchev–Trinajstić information content (AvgIpc) is 2.64. The maximum Gasteiger partial charge on any atom is 0.336 e.